The van der Waals surface area contributed by atoms with Gasteiger partial charge in [-0.25, -0.2) is 4.79 Å². The summed E-state index contributed by atoms with van der Waals surface area (Å²) in [7, 11) is 0. The van der Waals surface area contributed by atoms with Gasteiger partial charge < -0.3 is 9.47 Å². The maximum atomic E-state index is 11.1. The Morgan fingerprint density at radius 2 is 2.13 bits per heavy atom. The molecule has 1 rings (SSSR count). The fourth-order valence-corrected chi connectivity index (χ4v) is 1.12. The molecule has 0 aromatic heterocycles. The van der Waals surface area contributed by atoms with Crippen LogP contribution in [0.1, 0.15) is 13.8 Å². The van der Waals surface area contributed by atoms with Gasteiger partial charge >= 0.3 is 6.09 Å². The van der Waals surface area contributed by atoms with E-state index in [0.29, 0.717) is 18.9 Å². The predicted octanol–water partition coefficient (Wildman–Crippen LogP) is 2.65. The van der Waals surface area contributed by atoms with Crippen molar-refractivity contribution in [2.45, 2.75) is 13.8 Å². The molecule has 82 valence electrons. The molecule has 1 aromatic carbocycles. The van der Waals surface area contributed by atoms with E-state index >= 15 is 0 Å². The van der Waals surface area contributed by atoms with Crippen molar-refractivity contribution in [2.75, 3.05) is 18.5 Å². The van der Waals surface area contributed by atoms with E-state index in [-0.39, 0.29) is 0 Å². The molecule has 15 heavy (non-hydrogen) atoms. The summed E-state index contributed by atoms with van der Waals surface area (Å²) in [5.74, 6) is 0.729. The molecule has 0 saturated heterocycles. The first-order valence-electron chi connectivity index (χ1n) is 4.93. The highest BCUT2D eigenvalue weighted by atomic mass is 16.5. The third-order valence-corrected chi connectivity index (χ3v) is 1.67. The first-order chi connectivity index (χ1) is 7.26. The molecule has 0 heterocycles. The summed E-state index contributed by atoms with van der Waals surface area (Å²) in [6.45, 7) is 4.63. The maximum Gasteiger partial charge on any atom is 0.411 e. The monoisotopic (exact) mass is 209 g/mol. The highest BCUT2D eigenvalue weighted by molar-refractivity contribution is 5.84. The molecule has 1 amide bonds. The third kappa shape index (κ3) is 3.89. The van der Waals surface area contributed by atoms with E-state index in [1.165, 1.54) is 0 Å². The van der Waals surface area contributed by atoms with Crippen molar-refractivity contribution in [1.82, 2.24) is 0 Å². The van der Waals surface area contributed by atoms with Crippen LogP contribution >= 0.6 is 0 Å². The lowest BCUT2D eigenvalue weighted by Gasteiger charge is -2.07. The summed E-state index contributed by atoms with van der Waals surface area (Å²) < 4.78 is 10.1. The Hall–Kier alpha value is -1.71. The van der Waals surface area contributed by atoms with Gasteiger partial charge in [-0.2, -0.15) is 0 Å². The molecule has 1 N–H and O–H groups in total. The van der Waals surface area contributed by atoms with Crippen LogP contribution in [0.4, 0.5) is 10.5 Å². The lowest BCUT2D eigenvalue weighted by Crippen LogP contribution is -2.13. The summed E-state index contributed by atoms with van der Waals surface area (Å²) in [4.78, 5) is 11.1. The van der Waals surface area contributed by atoms with Crippen molar-refractivity contribution in [1.29, 1.82) is 0 Å². The van der Waals surface area contributed by atoms with Crippen molar-refractivity contribution in [3.8, 4) is 5.75 Å². The van der Waals surface area contributed by atoms with E-state index in [1.54, 1.807) is 19.1 Å². The van der Waals surface area contributed by atoms with Crippen molar-refractivity contribution >= 4 is 11.8 Å². The first kappa shape index (κ1) is 11.4. The summed E-state index contributed by atoms with van der Waals surface area (Å²) >= 11 is 0. The number of nitrogens with one attached hydrogen (secondary N) is 1. The fraction of sp³-hybridized carbons (Fsp3) is 0.364. The normalized spacial score (nSPS) is 9.47. The second-order valence-corrected chi connectivity index (χ2v) is 2.81. The minimum atomic E-state index is -0.453. The molecule has 0 atom stereocenters. The first-order valence-corrected chi connectivity index (χ1v) is 4.93. The number of rotatable bonds is 4. The van der Waals surface area contributed by atoms with Crippen LogP contribution in [0.15, 0.2) is 24.3 Å². The molecule has 0 aliphatic heterocycles. The lowest BCUT2D eigenvalue weighted by atomic mass is 10.3. The number of hydrogen-bond donors (Lipinski definition) is 1. The Bertz CT molecular complexity index is 325. The van der Waals surface area contributed by atoms with Gasteiger partial charge in [0.15, 0.2) is 0 Å². The van der Waals surface area contributed by atoms with Gasteiger partial charge in [-0.3, -0.25) is 5.32 Å². The number of carbonyl (C=O) groups is 1. The molecule has 4 heteroatoms. The minimum Gasteiger partial charge on any atom is -0.494 e. The van der Waals surface area contributed by atoms with Gasteiger partial charge in [-0.05, 0) is 26.0 Å². The quantitative estimate of drug-likeness (QED) is 0.829. The zero-order valence-electron chi connectivity index (χ0n) is 8.95. The van der Waals surface area contributed by atoms with Crippen LogP contribution in [-0.4, -0.2) is 19.3 Å². The van der Waals surface area contributed by atoms with Gasteiger partial charge in [-0.15, -0.1) is 0 Å². The average Bonchev–Trinajstić information content (AvgIpc) is 2.19. The molecule has 0 aliphatic carbocycles. The summed E-state index contributed by atoms with van der Waals surface area (Å²) in [6, 6.07) is 7.17. The highest BCUT2D eigenvalue weighted by Gasteiger charge is 2.02. The highest BCUT2D eigenvalue weighted by Crippen LogP contribution is 2.17. The summed E-state index contributed by atoms with van der Waals surface area (Å²) in [6.07, 6.45) is -0.453. The molecule has 0 aliphatic rings. The van der Waals surface area contributed by atoms with Crippen molar-refractivity contribution in [3.63, 3.8) is 0 Å². The summed E-state index contributed by atoms with van der Waals surface area (Å²) in [5, 5.41) is 2.60. The van der Waals surface area contributed by atoms with Crippen LogP contribution in [-0.2, 0) is 4.74 Å². The second kappa shape index (κ2) is 5.90. The van der Waals surface area contributed by atoms with Gasteiger partial charge in [0.25, 0.3) is 0 Å². The maximum absolute atomic E-state index is 11.1. The molecule has 4 nitrogen and oxygen atoms in total. The Morgan fingerprint density at radius 3 is 2.80 bits per heavy atom. The molecule has 0 saturated carbocycles. The van der Waals surface area contributed by atoms with Gasteiger partial charge in [-0.1, -0.05) is 6.07 Å². The van der Waals surface area contributed by atoms with E-state index in [4.69, 9.17) is 9.47 Å². The fourth-order valence-electron chi connectivity index (χ4n) is 1.12. The smallest absolute Gasteiger partial charge is 0.411 e. The average molecular weight is 209 g/mol. The number of carbonyl (C=O) groups excluding carboxylic acids is 1. The lowest BCUT2D eigenvalue weighted by molar-refractivity contribution is 0.168. The zero-order chi connectivity index (χ0) is 11.1. The van der Waals surface area contributed by atoms with Gasteiger partial charge in [0.1, 0.15) is 5.75 Å². The third-order valence-electron chi connectivity index (χ3n) is 1.67. The van der Waals surface area contributed by atoms with Crippen LogP contribution in [0.3, 0.4) is 0 Å². The predicted molar refractivity (Wildman–Crippen MR) is 58.3 cm³/mol. The molecule has 0 unspecified atom stereocenters. The molecule has 1 aromatic rings. The van der Waals surface area contributed by atoms with E-state index in [2.05, 4.69) is 5.32 Å². The molecule has 0 spiro atoms. The molecular formula is C11H15NO3. The Morgan fingerprint density at radius 1 is 1.33 bits per heavy atom. The van der Waals surface area contributed by atoms with E-state index in [9.17, 15) is 4.79 Å². The van der Waals surface area contributed by atoms with E-state index in [0.717, 1.165) is 5.75 Å². The number of anilines is 1. The number of ether oxygens (including phenoxy) is 2. The molecular weight excluding hydrogens is 194 g/mol. The van der Waals surface area contributed by atoms with Crippen molar-refractivity contribution in [2.24, 2.45) is 0 Å². The molecule has 0 radical (unpaired) electrons. The minimum absolute atomic E-state index is 0.358. The van der Waals surface area contributed by atoms with E-state index < -0.39 is 6.09 Å². The largest absolute Gasteiger partial charge is 0.494 e. The summed E-state index contributed by atoms with van der Waals surface area (Å²) in [5.41, 5.74) is 0.666. The number of hydrogen-bond acceptors (Lipinski definition) is 3. The molecule has 0 bridgehead atoms. The SMILES string of the molecule is CCOC(=O)Nc1cccc(OCC)c1. The van der Waals surface area contributed by atoms with Crippen LogP contribution in [0.25, 0.3) is 0 Å². The Labute approximate surface area is 89.2 Å². The van der Waals surface area contributed by atoms with E-state index in [1.807, 2.05) is 19.1 Å². The second-order valence-electron chi connectivity index (χ2n) is 2.81. The van der Waals surface area contributed by atoms with Gasteiger partial charge in [0.05, 0.1) is 13.2 Å². The number of benzene rings is 1. The van der Waals surface area contributed by atoms with Gasteiger partial charge in [0, 0.05) is 11.8 Å². The van der Waals surface area contributed by atoms with Crippen LogP contribution in [0, 0.1) is 0 Å². The molecule has 0 fully saturated rings. The van der Waals surface area contributed by atoms with Crippen LogP contribution < -0.4 is 10.1 Å². The standard InChI is InChI=1S/C11H15NO3/c1-3-14-10-7-5-6-9(8-10)12-11(13)15-4-2/h5-8H,3-4H2,1-2H3,(H,12,13). The Kier molecular flexibility index (Phi) is 4.47. The van der Waals surface area contributed by atoms with Crippen molar-refractivity contribution < 1.29 is 14.3 Å². The topological polar surface area (TPSA) is 47.6 Å². The zero-order valence-corrected chi connectivity index (χ0v) is 8.95. The van der Waals surface area contributed by atoms with Crippen LogP contribution in [0.5, 0.6) is 5.75 Å². The Balaban J connectivity index is 2.60. The van der Waals surface area contributed by atoms with Gasteiger partial charge in [0.2, 0.25) is 0 Å². The number of amides is 1. The van der Waals surface area contributed by atoms with Crippen molar-refractivity contribution in [3.05, 3.63) is 24.3 Å². The van der Waals surface area contributed by atoms with Crippen LogP contribution in [0.2, 0.25) is 0 Å².